The second-order valence-electron chi connectivity index (χ2n) is 4.16. The molecule has 0 atom stereocenters. The van der Waals surface area contributed by atoms with Crippen molar-refractivity contribution in [1.29, 1.82) is 0 Å². The zero-order valence-electron chi connectivity index (χ0n) is 12.2. The number of esters is 1. The highest BCUT2D eigenvalue weighted by molar-refractivity contribution is 8.13. The number of nitrogens with zero attached hydrogens (tertiary/aromatic N) is 1. The van der Waals surface area contributed by atoms with Crippen LogP contribution in [-0.2, 0) is 9.53 Å². The molecule has 0 heterocycles. The Morgan fingerprint density at radius 2 is 1.95 bits per heavy atom. The number of methoxy groups -OCH3 is 2. The highest BCUT2D eigenvalue weighted by Crippen LogP contribution is 2.32. The summed E-state index contributed by atoms with van der Waals surface area (Å²) < 4.78 is 9.77. The molecule has 5 nitrogen and oxygen atoms in total. The van der Waals surface area contributed by atoms with Crippen molar-refractivity contribution in [1.82, 2.24) is 4.90 Å². The minimum atomic E-state index is -0.614. The van der Waals surface area contributed by atoms with E-state index in [4.69, 9.17) is 16.3 Å². The average molecular weight is 330 g/mol. The van der Waals surface area contributed by atoms with E-state index in [1.807, 2.05) is 0 Å². The van der Waals surface area contributed by atoms with Gasteiger partial charge in [0.1, 0.15) is 10.8 Å². The standard InChI is InChI=1S/C14H16ClNO4S/c1-16(2)14(18)21-12-6-5-9(8-11(12)19-3)7-10(15)13(17)20-4/h5-8H,1-4H3. The summed E-state index contributed by atoms with van der Waals surface area (Å²) >= 11 is 6.86. The molecule has 0 saturated carbocycles. The van der Waals surface area contributed by atoms with Gasteiger partial charge in [0.25, 0.3) is 5.24 Å². The number of benzene rings is 1. The number of halogens is 1. The first-order chi connectivity index (χ1) is 9.88. The van der Waals surface area contributed by atoms with E-state index in [2.05, 4.69) is 4.74 Å². The maximum Gasteiger partial charge on any atom is 0.349 e. The van der Waals surface area contributed by atoms with Crippen LogP contribution in [-0.4, -0.2) is 44.4 Å². The van der Waals surface area contributed by atoms with Gasteiger partial charge in [0.05, 0.1) is 19.1 Å². The lowest BCUT2D eigenvalue weighted by atomic mass is 10.2. The van der Waals surface area contributed by atoms with Crippen molar-refractivity contribution >= 4 is 40.6 Å². The predicted molar refractivity (Wildman–Crippen MR) is 83.8 cm³/mol. The van der Waals surface area contributed by atoms with Crippen LogP contribution in [0.15, 0.2) is 28.1 Å². The summed E-state index contributed by atoms with van der Waals surface area (Å²) in [6, 6.07) is 5.16. The van der Waals surface area contributed by atoms with E-state index >= 15 is 0 Å². The lowest BCUT2D eigenvalue weighted by molar-refractivity contribution is -0.135. The minimum Gasteiger partial charge on any atom is -0.496 e. The molecule has 1 rings (SSSR count). The zero-order valence-corrected chi connectivity index (χ0v) is 13.7. The summed E-state index contributed by atoms with van der Waals surface area (Å²) in [5.41, 5.74) is 0.670. The van der Waals surface area contributed by atoms with Crippen LogP contribution in [0, 0.1) is 0 Å². The molecule has 0 fully saturated rings. The molecule has 0 radical (unpaired) electrons. The minimum absolute atomic E-state index is 0.0377. The largest absolute Gasteiger partial charge is 0.496 e. The molecule has 0 saturated heterocycles. The molecule has 21 heavy (non-hydrogen) atoms. The fraction of sp³-hybridized carbons (Fsp3) is 0.286. The van der Waals surface area contributed by atoms with Crippen molar-refractivity contribution in [3.8, 4) is 5.75 Å². The molecular weight excluding hydrogens is 314 g/mol. The van der Waals surface area contributed by atoms with Crippen LogP contribution in [0.25, 0.3) is 6.08 Å². The molecule has 0 aromatic heterocycles. The van der Waals surface area contributed by atoms with Crippen LogP contribution in [0.3, 0.4) is 0 Å². The van der Waals surface area contributed by atoms with Gasteiger partial charge in [-0.1, -0.05) is 17.7 Å². The summed E-state index contributed by atoms with van der Waals surface area (Å²) in [6.45, 7) is 0. The Kier molecular flexibility index (Phi) is 6.58. The van der Waals surface area contributed by atoms with Gasteiger partial charge in [0.2, 0.25) is 0 Å². The summed E-state index contributed by atoms with van der Waals surface area (Å²) in [5.74, 6) is -0.0878. The molecule has 0 spiro atoms. The van der Waals surface area contributed by atoms with Crippen molar-refractivity contribution in [2.24, 2.45) is 0 Å². The van der Waals surface area contributed by atoms with Crippen molar-refractivity contribution in [2.75, 3.05) is 28.3 Å². The van der Waals surface area contributed by atoms with Gasteiger partial charge in [-0.25, -0.2) is 4.79 Å². The highest BCUT2D eigenvalue weighted by atomic mass is 35.5. The Bertz CT molecular complexity index is 572. The number of ether oxygens (including phenoxy) is 2. The van der Waals surface area contributed by atoms with Gasteiger partial charge in [-0.2, -0.15) is 0 Å². The number of carbonyl (C=O) groups excluding carboxylic acids is 2. The fourth-order valence-corrected chi connectivity index (χ4v) is 2.30. The van der Waals surface area contributed by atoms with Crippen molar-refractivity contribution in [2.45, 2.75) is 4.90 Å². The Labute approximate surface area is 132 Å². The van der Waals surface area contributed by atoms with Gasteiger partial charge < -0.3 is 14.4 Å². The van der Waals surface area contributed by atoms with Crippen LogP contribution >= 0.6 is 23.4 Å². The highest BCUT2D eigenvalue weighted by Gasteiger charge is 2.12. The quantitative estimate of drug-likeness (QED) is 0.482. The molecule has 0 aliphatic carbocycles. The molecule has 1 amide bonds. The lowest BCUT2D eigenvalue weighted by Crippen LogP contribution is -2.16. The number of thioether (sulfide) groups is 1. The first-order valence-electron chi connectivity index (χ1n) is 5.91. The van der Waals surface area contributed by atoms with E-state index in [-0.39, 0.29) is 10.3 Å². The van der Waals surface area contributed by atoms with Crippen molar-refractivity contribution < 1.29 is 19.1 Å². The number of amides is 1. The first-order valence-corrected chi connectivity index (χ1v) is 7.11. The molecule has 0 aliphatic heterocycles. The number of carbonyl (C=O) groups is 2. The van der Waals surface area contributed by atoms with Gasteiger partial charge in [0, 0.05) is 14.1 Å². The molecule has 114 valence electrons. The fourth-order valence-electron chi connectivity index (χ4n) is 1.35. The normalized spacial score (nSPS) is 11.0. The van der Waals surface area contributed by atoms with Gasteiger partial charge in [-0.05, 0) is 35.5 Å². The zero-order chi connectivity index (χ0) is 16.0. The summed E-state index contributed by atoms with van der Waals surface area (Å²) in [5, 5.41) is -0.145. The van der Waals surface area contributed by atoms with Gasteiger partial charge in [-0.3, -0.25) is 4.79 Å². The second kappa shape index (κ2) is 7.95. The Balaban J connectivity index is 3.04. The van der Waals surface area contributed by atoms with Crippen LogP contribution in [0.1, 0.15) is 5.56 Å². The molecule has 1 aromatic rings. The van der Waals surface area contributed by atoms with E-state index in [1.54, 1.807) is 32.3 Å². The van der Waals surface area contributed by atoms with Crippen LogP contribution in [0.4, 0.5) is 4.79 Å². The monoisotopic (exact) mass is 329 g/mol. The molecule has 0 N–H and O–H groups in total. The van der Waals surface area contributed by atoms with Crippen LogP contribution in [0.2, 0.25) is 0 Å². The number of rotatable bonds is 4. The van der Waals surface area contributed by atoms with Crippen LogP contribution < -0.4 is 4.74 Å². The van der Waals surface area contributed by atoms with Gasteiger partial charge >= 0.3 is 5.97 Å². The topological polar surface area (TPSA) is 55.8 Å². The molecular formula is C14H16ClNO4S. The Hall–Kier alpha value is -1.66. The lowest BCUT2D eigenvalue weighted by Gasteiger charge is -2.12. The number of hydrogen-bond acceptors (Lipinski definition) is 5. The molecule has 7 heteroatoms. The van der Waals surface area contributed by atoms with Crippen LogP contribution in [0.5, 0.6) is 5.75 Å². The summed E-state index contributed by atoms with van der Waals surface area (Å²) in [7, 11) is 6.12. The van der Waals surface area contributed by atoms with E-state index in [1.165, 1.54) is 25.2 Å². The summed E-state index contributed by atoms with van der Waals surface area (Å²) in [6.07, 6.45) is 1.47. The first kappa shape index (κ1) is 17.4. The summed E-state index contributed by atoms with van der Waals surface area (Å²) in [4.78, 5) is 25.1. The SMILES string of the molecule is COC(=O)C(Cl)=Cc1ccc(SC(=O)N(C)C)c(OC)c1. The molecule has 0 bridgehead atoms. The third kappa shape index (κ3) is 4.99. The predicted octanol–water partition coefficient (Wildman–Crippen LogP) is 3.22. The maximum atomic E-state index is 11.7. The Morgan fingerprint density at radius 1 is 1.29 bits per heavy atom. The molecule has 0 aliphatic rings. The van der Waals surface area contributed by atoms with Crippen molar-refractivity contribution in [3.63, 3.8) is 0 Å². The number of hydrogen-bond donors (Lipinski definition) is 0. The van der Waals surface area contributed by atoms with E-state index < -0.39 is 5.97 Å². The van der Waals surface area contributed by atoms with Crippen molar-refractivity contribution in [3.05, 3.63) is 28.8 Å². The Morgan fingerprint density at radius 3 is 2.48 bits per heavy atom. The second-order valence-corrected chi connectivity index (χ2v) is 5.56. The van der Waals surface area contributed by atoms with E-state index in [9.17, 15) is 9.59 Å². The molecule has 0 unspecified atom stereocenters. The average Bonchev–Trinajstić information content (AvgIpc) is 2.47. The third-order valence-corrected chi connectivity index (χ3v) is 3.78. The molecule has 1 aromatic carbocycles. The van der Waals surface area contributed by atoms with E-state index in [0.717, 1.165) is 11.8 Å². The maximum absolute atomic E-state index is 11.7. The third-order valence-electron chi connectivity index (χ3n) is 2.42. The smallest absolute Gasteiger partial charge is 0.349 e. The van der Waals surface area contributed by atoms with Gasteiger partial charge in [0.15, 0.2) is 0 Å². The van der Waals surface area contributed by atoms with Gasteiger partial charge in [-0.15, -0.1) is 0 Å². The van der Waals surface area contributed by atoms with E-state index in [0.29, 0.717) is 16.2 Å².